The molecule has 0 aliphatic heterocycles. The molecule has 0 spiro atoms. The first-order valence-corrected chi connectivity index (χ1v) is 3.16. The Bertz CT molecular complexity index is 57.2. The molecule has 0 saturated carbocycles. The van der Waals surface area contributed by atoms with Crippen molar-refractivity contribution in [3.05, 3.63) is 12.2 Å². The number of thiol groups is 1. The Morgan fingerprint density at radius 1 is 1.71 bits per heavy atom. The van der Waals surface area contributed by atoms with Crippen LogP contribution in [-0.2, 0) is 0 Å². The minimum absolute atomic E-state index is 0.979. The number of hydrogen-bond donors (Lipinski definition) is 1. The molecule has 0 nitrogen and oxygen atoms in total. The van der Waals surface area contributed by atoms with Crippen molar-refractivity contribution in [2.45, 2.75) is 19.8 Å². The van der Waals surface area contributed by atoms with Gasteiger partial charge in [0.2, 0.25) is 0 Å². The van der Waals surface area contributed by atoms with Crippen molar-refractivity contribution in [3.63, 3.8) is 0 Å². The molecule has 0 bridgehead atoms. The molecule has 0 aromatic heterocycles. The molecule has 0 atom stereocenters. The molecule has 0 heterocycles. The third kappa shape index (κ3) is 6.09. The van der Waals surface area contributed by atoms with Gasteiger partial charge in [0.05, 0.1) is 0 Å². The van der Waals surface area contributed by atoms with Gasteiger partial charge in [-0.25, -0.2) is 0 Å². The lowest BCUT2D eigenvalue weighted by atomic mass is 10.2. The third-order valence-electron chi connectivity index (χ3n) is 0.762. The van der Waals surface area contributed by atoms with Gasteiger partial charge in [-0.2, -0.15) is 12.6 Å². The molecular formula is C6H12S. The van der Waals surface area contributed by atoms with E-state index in [0.29, 0.717) is 0 Å². The van der Waals surface area contributed by atoms with Crippen molar-refractivity contribution in [2.24, 2.45) is 0 Å². The van der Waals surface area contributed by atoms with E-state index in [9.17, 15) is 0 Å². The van der Waals surface area contributed by atoms with Crippen molar-refractivity contribution in [2.75, 3.05) is 5.75 Å². The Morgan fingerprint density at radius 2 is 2.29 bits per heavy atom. The van der Waals surface area contributed by atoms with E-state index in [4.69, 9.17) is 0 Å². The number of hydrogen-bond acceptors (Lipinski definition) is 1. The van der Waals surface area contributed by atoms with Gasteiger partial charge in [-0.1, -0.05) is 5.57 Å². The quantitative estimate of drug-likeness (QED) is 0.424. The van der Waals surface area contributed by atoms with E-state index < -0.39 is 0 Å². The van der Waals surface area contributed by atoms with Gasteiger partial charge in [-0.05, 0) is 25.5 Å². The highest BCUT2D eigenvalue weighted by Crippen LogP contribution is 1.99. The SMILES string of the molecule is C=C(C)CCCS. The fourth-order valence-electron chi connectivity index (χ4n) is 0.381. The van der Waals surface area contributed by atoms with E-state index in [-0.39, 0.29) is 0 Å². The molecule has 0 aliphatic rings. The van der Waals surface area contributed by atoms with Crippen LogP contribution in [0.5, 0.6) is 0 Å². The monoisotopic (exact) mass is 116 g/mol. The fourth-order valence-corrected chi connectivity index (χ4v) is 0.539. The van der Waals surface area contributed by atoms with E-state index in [0.717, 1.165) is 12.2 Å². The van der Waals surface area contributed by atoms with Crippen LogP contribution in [-0.4, -0.2) is 5.75 Å². The number of rotatable bonds is 3. The van der Waals surface area contributed by atoms with E-state index in [1.54, 1.807) is 0 Å². The molecule has 0 N–H and O–H groups in total. The lowest BCUT2D eigenvalue weighted by Crippen LogP contribution is -1.75. The summed E-state index contributed by atoms with van der Waals surface area (Å²) in [6.07, 6.45) is 2.29. The zero-order valence-corrected chi connectivity index (χ0v) is 5.67. The summed E-state index contributed by atoms with van der Waals surface area (Å²) in [6.45, 7) is 5.80. The zero-order valence-electron chi connectivity index (χ0n) is 4.78. The smallest absolute Gasteiger partial charge is 0.00949 e. The molecule has 0 amide bonds. The minimum atomic E-state index is 0.979. The van der Waals surface area contributed by atoms with Gasteiger partial charge >= 0.3 is 0 Å². The highest BCUT2D eigenvalue weighted by Gasteiger charge is 1.81. The predicted octanol–water partition coefficient (Wildman–Crippen LogP) is 2.27. The summed E-state index contributed by atoms with van der Waals surface area (Å²) >= 11 is 4.05. The van der Waals surface area contributed by atoms with Crippen molar-refractivity contribution >= 4 is 12.6 Å². The molecular weight excluding hydrogens is 104 g/mol. The van der Waals surface area contributed by atoms with Gasteiger partial charge in [0.1, 0.15) is 0 Å². The highest BCUT2D eigenvalue weighted by molar-refractivity contribution is 7.80. The van der Waals surface area contributed by atoms with Gasteiger partial charge in [0, 0.05) is 0 Å². The average Bonchev–Trinajstić information content (AvgIpc) is 1.61. The van der Waals surface area contributed by atoms with E-state index in [2.05, 4.69) is 19.2 Å². The fraction of sp³-hybridized carbons (Fsp3) is 0.667. The largest absolute Gasteiger partial charge is 0.179 e. The van der Waals surface area contributed by atoms with Crippen LogP contribution in [0.4, 0.5) is 0 Å². The second-order valence-corrected chi connectivity index (χ2v) is 2.23. The Kier molecular flexibility index (Phi) is 4.31. The first kappa shape index (κ1) is 7.09. The standard InChI is InChI=1S/C6H12S/c1-6(2)4-3-5-7/h7H,1,3-5H2,2H3. The van der Waals surface area contributed by atoms with Crippen molar-refractivity contribution in [3.8, 4) is 0 Å². The molecule has 0 fully saturated rings. The molecule has 0 saturated heterocycles. The molecule has 0 aliphatic carbocycles. The van der Waals surface area contributed by atoms with E-state index in [1.807, 2.05) is 6.92 Å². The summed E-state index contributed by atoms with van der Waals surface area (Å²) in [7, 11) is 0. The van der Waals surface area contributed by atoms with Gasteiger partial charge in [-0.15, -0.1) is 6.58 Å². The number of allylic oxidation sites excluding steroid dienone is 1. The molecule has 0 aromatic carbocycles. The maximum atomic E-state index is 4.05. The molecule has 0 radical (unpaired) electrons. The summed E-state index contributed by atoms with van der Waals surface area (Å²) < 4.78 is 0. The highest BCUT2D eigenvalue weighted by atomic mass is 32.1. The lowest BCUT2D eigenvalue weighted by Gasteiger charge is -1.91. The maximum Gasteiger partial charge on any atom is -0.00949 e. The van der Waals surface area contributed by atoms with E-state index >= 15 is 0 Å². The first-order chi connectivity index (χ1) is 3.27. The van der Waals surface area contributed by atoms with E-state index in [1.165, 1.54) is 12.0 Å². The predicted molar refractivity (Wildman–Crippen MR) is 37.9 cm³/mol. The molecule has 7 heavy (non-hydrogen) atoms. The van der Waals surface area contributed by atoms with Crippen molar-refractivity contribution < 1.29 is 0 Å². The molecule has 0 aromatic rings. The topological polar surface area (TPSA) is 0 Å². The minimum Gasteiger partial charge on any atom is -0.179 e. The van der Waals surface area contributed by atoms with Crippen LogP contribution in [0.1, 0.15) is 19.8 Å². The van der Waals surface area contributed by atoms with Gasteiger partial charge < -0.3 is 0 Å². The Labute approximate surface area is 51.0 Å². The van der Waals surface area contributed by atoms with Crippen LogP contribution in [0.15, 0.2) is 12.2 Å². The maximum absolute atomic E-state index is 4.05. The Hall–Kier alpha value is 0.0900. The normalized spacial score (nSPS) is 8.86. The Morgan fingerprint density at radius 3 is 2.43 bits per heavy atom. The van der Waals surface area contributed by atoms with Crippen LogP contribution in [0.2, 0.25) is 0 Å². The molecule has 42 valence electrons. The second kappa shape index (κ2) is 4.25. The third-order valence-corrected chi connectivity index (χ3v) is 1.08. The first-order valence-electron chi connectivity index (χ1n) is 2.52. The summed E-state index contributed by atoms with van der Waals surface area (Å²) in [4.78, 5) is 0. The van der Waals surface area contributed by atoms with Crippen LogP contribution >= 0.6 is 12.6 Å². The van der Waals surface area contributed by atoms with Gasteiger partial charge in [-0.3, -0.25) is 0 Å². The second-order valence-electron chi connectivity index (χ2n) is 1.78. The van der Waals surface area contributed by atoms with Crippen molar-refractivity contribution in [1.82, 2.24) is 0 Å². The molecule has 0 rings (SSSR count). The molecule has 0 unspecified atom stereocenters. The lowest BCUT2D eigenvalue weighted by molar-refractivity contribution is 0.923. The summed E-state index contributed by atoms with van der Waals surface area (Å²) in [5, 5.41) is 0. The van der Waals surface area contributed by atoms with Crippen LogP contribution in [0, 0.1) is 0 Å². The van der Waals surface area contributed by atoms with Crippen LogP contribution in [0.25, 0.3) is 0 Å². The summed E-state index contributed by atoms with van der Waals surface area (Å²) in [5.74, 6) is 0.979. The molecule has 1 heteroatoms. The van der Waals surface area contributed by atoms with Crippen molar-refractivity contribution in [1.29, 1.82) is 0 Å². The average molecular weight is 116 g/mol. The zero-order chi connectivity index (χ0) is 5.70. The van der Waals surface area contributed by atoms with Gasteiger partial charge in [0.15, 0.2) is 0 Å². The summed E-state index contributed by atoms with van der Waals surface area (Å²) in [5.41, 5.74) is 1.26. The van der Waals surface area contributed by atoms with Crippen LogP contribution in [0.3, 0.4) is 0 Å². The van der Waals surface area contributed by atoms with Gasteiger partial charge in [0.25, 0.3) is 0 Å². The Balaban J connectivity index is 2.82. The summed E-state index contributed by atoms with van der Waals surface area (Å²) in [6, 6.07) is 0. The van der Waals surface area contributed by atoms with Crippen LogP contribution < -0.4 is 0 Å².